The Labute approximate surface area is 162 Å². The lowest BCUT2D eigenvalue weighted by atomic mass is 10.1. The van der Waals surface area contributed by atoms with Crippen LogP contribution in [-0.4, -0.2) is 67.7 Å². The Morgan fingerprint density at radius 3 is 2.70 bits per heavy atom. The molecule has 27 heavy (non-hydrogen) atoms. The van der Waals surface area contributed by atoms with Crippen LogP contribution in [0.25, 0.3) is 0 Å². The van der Waals surface area contributed by atoms with Gasteiger partial charge in [0.1, 0.15) is 17.7 Å². The minimum atomic E-state index is -0.250. The van der Waals surface area contributed by atoms with E-state index in [1.54, 1.807) is 12.1 Å². The van der Waals surface area contributed by atoms with E-state index in [0.717, 1.165) is 31.5 Å². The Kier molecular flexibility index (Phi) is 7.33. The Hall–Kier alpha value is -1.82. The maximum Gasteiger partial charge on any atom is 0.194 e. The van der Waals surface area contributed by atoms with Crippen molar-refractivity contribution in [2.45, 2.75) is 39.2 Å². The second-order valence-corrected chi connectivity index (χ2v) is 7.69. The SMILES string of the molecule is CCNC(=NCC(C)Oc1ccc(F)cc1)N1CCC(CN2CCCC2)C1. The van der Waals surface area contributed by atoms with Crippen molar-refractivity contribution in [2.75, 3.05) is 45.8 Å². The molecule has 1 N–H and O–H groups in total. The molecule has 0 amide bonds. The zero-order chi connectivity index (χ0) is 19.1. The van der Waals surface area contributed by atoms with E-state index < -0.39 is 0 Å². The fraction of sp³-hybridized carbons (Fsp3) is 0.667. The maximum absolute atomic E-state index is 13.0. The predicted molar refractivity (Wildman–Crippen MR) is 108 cm³/mol. The second kappa shape index (κ2) is 9.93. The van der Waals surface area contributed by atoms with Crippen LogP contribution in [0.1, 0.15) is 33.1 Å². The molecule has 3 rings (SSSR count). The molecule has 0 aliphatic carbocycles. The van der Waals surface area contributed by atoms with Gasteiger partial charge in [-0.2, -0.15) is 0 Å². The van der Waals surface area contributed by atoms with Gasteiger partial charge in [-0.05, 0) is 76.4 Å². The number of halogens is 1. The van der Waals surface area contributed by atoms with Crippen LogP contribution in [0.5, 0.6) is 5.75 Å². The van der Waals surface area contributed by atoms with E-state index in [9.17, 15) is 4.39 Å². The first kappa shape index (κ1) is 19.9. The average molecular weight is 377 g/mol. The molecule has 150 valence electrons. The van der Waals surface area contributed by atoms with Crippen LogP contribution in [0.4, 0.5) is 4.39 Å². The van der Waals surface area contributed by atoms with Crippen LogP contribution in [0, 0.1) is 11.7 Å². The van der Waals surface area contributed by atoms with Crippen LogP contribution in [-0.2, 0) is 0 Å². The number of hydrogen-bond donors (Lipinski definition) is 1. The summed E-state index contributed by atoms with van der Waals surface area (Å²) >= 11 is 0. The fourth-order valence-corrected chi connectivity index (χ4v) is 3.93. The lowest BCUT2D eigenvalue weighted by Crippen LogP contribution is -2.41. The number of likely N-dealkylation sites (tertiary alicyclic amines) is 2. The van der Waals surface area contributed by atoms with Crippen molar-refractivity contribution in [1.29, 1.82) is 0 Å². The maximum atomic E-state index is 13.0. The van der Waals surface area contributed by atoms with Crippen molar-refractivity contribution in [3.63, 3.8) is 0 Å². The monoisotopic (exact) mass is 376 g/mol. The van der Waals surface area contributed by atoms with Gasteiger partial charge in [0.05, 0.1) is 6.54 Å². The van der Waals surface area contributed by atoms with Gasteiger partial charge in [0.15, 0.2) is 5.96 Å². The third-order valence-electron chi connectivity index (χ3n) is 5.28. The first-order valence-electron chi connectivity index (χ1n) is 10.3. The molecule has 0 saturated carbocycles. The van der Waals surface area contributed by atoms with E-state index in [2.05, 4.69) is 22.0 Å². The van der Waals surface area contributed by atoms with Crippen molar-refractivity contribution < 1.29 is 9.13 Å². The highest BCUT2D eigenvalue weighted by Gasteiger charge is 2.27. The molecule has 0 bridgehead atoms. The van der Waals surface area contributed by atoms with Crippen molar-refractivity contribution in [1.82, 2.24) is 15.1 Å². The van der Waals surface area contributed by atoms with Crippen LogP contribution < -0.4 is 10.1 Å². The number of hydrogen-bond acceptors (Lipinski definition) is 3. The van der Waals surface area contributed by atoms with Gasteiger partial charge in [0, 0.05) is 26.2 Å². The molecule has 0 radical (unpaired) electrons. The lowest BCUT2D eigenvalue weighted by molar-refractivity contribution is 0.229. The number of nitrogens with zero attached hydrogens (tertiary/aromatic N) is 3. The van der Waals surface area contributed by atoms with E-state index in [-0.39, 0.29) is 11.9 Å². The van der Waals surface area contributed by atoms with Gasteiger partial charge in [0.2, 0.25) is 0 Å². The van der Waals surface area contributed by atoms with Gasteiger partial charge in [-0.3, -0.25) is 0 Å². The topological polar surface area (TPSA) is 40.1 Å². The summed E-state index contributed by atoms with van der Waals surface area (Å²) in [6, 6.07) is 6.15. The standard InChI is InChI=1S/C21H33FN4O/c1-3-23-21(24-14-17(2)27-20-8-6-19(22)7-9-20)26-13-10-18(16-26)15-25-11-4-5-12-25/h6-9,17-18H,3-5,10-16H2,1-2H3,(H,23,24). The van der Waals surface area contributed by atoms with Gasteiger partial charge in [-0.25, -0.2) is 9.38 Å². The van der Waals surface area contributed by atoms with Crippen molar-refractivity contribution in [3.8, 4) is 5.75 Å². The van der Waals surface area contributed by atoms with Crippen molar-refractivity contribution in [3.05, 3.63) is 30.1 Å². The average Bonchev–Trinajstić information content (AvgIpc) is 3.33. The van der Waals surface area contributed by atoms with E-state index in [4.69, 9.17) is 9.73 Å². The molecule has 1 aromatic rings. The summed E-state index contributed by atoms with van der Waals surface area (Å²) in [5, 5.41) is 3.42. The van der Waals surface area contributed by atoms with E-state index in [1.807, 2.05) is 6.92 Å². The van der Waals surface area contributed by atoms with Crippen LogP contribution in [0.15, 0.2) is 29.3 Å². The second-order valence-electron chi connectivity index (χ2n) is 7.69. The molecule has 0 aromatic heterocycles. The zero-order valence-corrected chi connectivity index (χ0v) is 16.7. The Bertz CT molecular complexity index is 601. The molecule has 0 spiro atoms. The van der Waals surface area contributed by atoms with Crippen molar-refractivity contribution in [2.24, 2.45) is 10.9 Å². The van der Waals surface area contributed by atoms with Crippen LogP contribution in [0.2, 0.25) is 0 Å². The third-order valence-corrected chi connectivity index (χ3v) is 5.28. The van der Waals surface area contributed by atoms with Gasteiger partial charge < -0.3 is 19.9 Å². The highest BCUT2D eigenvalue weighted by Crippen LogP contribution is 2.20. The molecular weight excluding hydrogens is 343 g/mol. The van der Waals surface area contributed by atoms with E-state index in [1.165, 1.54) is 51.0 Å². The molecule has 1 aromatic carbocycles. The number of aliphatic imine (C=N–C) groups is 1. The molecular formula is C21H33FN4O. The number of rotatable bonds is 7. The van der Waals surface area contributed by atoms with Crippen LogP contribution in [0.3, 0.4) is 0 Å². The molecule has 2 unspecified atom stereocenters. The fourth-order valence-electron chi connectivity index (χ4n) is 3.93. The smallest absolute Gasteiger partial charge is 0.194 e. The Balaban J connectivity index is 1.50. The minimum Gasteiger partial charge on any atom is -0.489 e. The summed E-state index contributed by atoms with van der Waals surface area (Å²) in [4.78, 5) is 9.79. The molecule has 2 heterocycles. The highest BCUT2D eigenvalue weighted by molar-refractivity contribution is 5.80. The normalized spacial score (nSPS) is 22.3. The summed E-state index contributed by atoms with van der Waals surface area (Å²) < 4.78 is 18.8. The zero-order valence-electron chi connectivity index (χ0n) is 16.7. The van der Waals surface area contributed by atoms with E-state index >= 15 is 0 Å². The minimum absolute atomic E-state index is 0.0629. The molecule has 2 fully saturated rings. The predicted octanol–water partition coefficient (Wildman–Crippen LogP) is 2.98. The molecule has 2 saturated heterocycles. The first-order valence-corrected chi connectivity index (χ1v) is 10.3. The van der Waals surface area contributed by atoms with Crippen LogP contribution >= 0.6 is 0 Å². The third kappa shape index (κ3) is 6.09. The molecule has 2 atom stereocenters. The van der Waals surface area contributed by atoms with Gasteiger partial charge in [-0.15, -0.1) is 0 Å². The largest absolute Gasteiger partial charge is 0.489 e. The highest BCUT2D eigenvalue weighted by atomic mass is 19.1. The number of nitrogens with one attached hydrogen (secondary N) is 1. The summed E-state index contributed by atoms with van der Waals surface area (Å²) in [5.41, 5.74) is 0. The van der Waals surface area contributed by atoms with Crippen molar-refractivity contribution >= 4 is 5.96 Å². The Morgan fingerprint density at radius 2 is 2.00 bits per heavy atom. The molecule has 2 aliphatic heterocycles. The summed E-state index contributed by atoms with van der Waals surface area (Å²) in [7, 11) is 0. The van der Waals surface area contributed by atoms with Gasteiger partial charge >= 0.3 is 0 Å². The number of ether oxygens (including phenoxy) is 1. The number of benzene rings is 1. The summed E-state index contributed by atoms with van der Waals surface area (Å²) in [6.07, 6.45) is 3.88. The quantitative estimate of drug-likeness (QED) is 0.587. The van der Waals surface area contributed by atoms with E-state index in [0.29, 0.717) is 12.3 Å². The molecule has 6 heteroatoms. The molecule has 2 aliphatic rings. The first-order chi connectivity index (χ1) is 13.1. The number of guanidine groups is 1. The van der Waals surface area contributed by atoms with Gasteiger partial charge in [0.25, 0.3) is 0 Å². The Morgan fingerprint density at radius 1 is 1.26 bits per heavy atom. The summed E-state index contributed by atoms with van der Waals surface area (Å²) in [6.45, 7) is 11.4. The summed E-state index contributed by atoms with van der Waals surface area (Å²) in [5.74, 6) is 2.15. The van der Waals surface area contributed by atoms with Gasteiger partial charge in [-0.1, -0.05) is 0 Å². The molecule has 5 nitrogen and oxygen atoms in total. The lowest BCUT2D eigenvalue weighted by Gasteiger charge is -2.24.